The Morgan fingerprint density at radius 1 is 1.29 bits per heavy atom. The summed E-state index contributed by atoms with van der Waals surface area (Å²) in [6, 6.07) is 7.76. The SMILES string of the molecule is NCCc1ccn(C(=O)c2ccccc2F)c1. The van der Waals surface area contributed by atoms with Gasteiger partial charge in [0.15, 0.2) is 0 Å². The third kappa shape index (κ3) is 2.42. The molecule has 0 saturated carbocycles. The van der Waals surface area contributed by atoms with Gasteiger partial charge in [0.05, 0.1) is 5.56 Å². The number of nitrogens with zero attached hydrogens (tertiary/aromatic N) is 1. The summed E-state index contributed by atoms with van der Waals surface area (Å²) in [7, 11) is 0. The number of nitrogens with two attached hydrogens (primary N) is 1. The van der Waals surface area contributed by atoms with Crippen molar-refractivity contribution in [3.05, 3.63) is 59.7 Å². The Hall–Kier alpha value is -1.94. The number of hydrogen-bond acceptors (Lipinski definition) is 2. The van der Waals surface area contributed by atoms with Crippen LogP contribution in [0.2, 0.25) is 0 Å². The van der Waals surface area contributed by atoms with Crippen molar-refractivity contribution in [2.45, 2.75) is 6.42 Å². The Morgan fingerprint density at radius 3 is 2.76 bits per heavy atom. The lowest BCUT2D eigenvalue weighted by molar-refractivity contribution is 0.0956. The first-order valence-corrected chi connectivity index (χ1v) is 5.38. The fraction of sp³-hybridized carbons (Fsp3) is 0.154. The molecule has 88 valence electrons. The molecule has 2 rings (SSSR count). The topological polar surface area (TPSA) is 48.0 Å². The van der Waals surface area contributed by atoms with Crippen molar-refractivity contribution >= 4 is 5.91 Å². The van der Waals surface area contributed by atoms with Crippen LogP contribution in [0.25, 0.3) is 0 Å². The first kappa shape index (κ1) is 11.5. The number of halogens is 1. The van der Waals surface area contributed by atoms with Crippen molar-refractivity contribution < 1.29 is 9.18 Å². The molecule has 0 amide bonds. The van der Waals surface area contributed by atoms with Crippen LogP contribution in [0, 0.1) is 5.82 Å². The predicted octanol–water partition coefficient (Wildman–Crippen LogP) is 1.82. The van der Waals surface area contributed by atoms with Gasteiger partial charge in [0.2, 0.25) is 0 Å². The van der Waals surface area contributed by atoms with Gasteiger partial charge in [-0.05, 0) is 36.7 Å². The molecule has 2 N–H and O–H groups in total. The second kappa shape index (κ2) is 4.93. The zero-order valence-electron chi connectivity index (χ0n) is 9.27. The standard InChI is InChI=1S/C13H13FN2O/c14-12-4-2-1-3-11(12)13(17)16-8-6-10(9-16)5-7-15/h1-4,6,8-9H,5,7,15H2. The van der Waals surface area contributed by atoms with E-state index in [1.54, 1.807) is 24.5 Å². The lowest BCUT2D eigenvalue weighted by atomic mass is 10.2. The molecule has 0 spiro atoms. The quantitative estimate of drug-likeness (QED) is 0.877. The van der Waals surface area contributed by atoms with Crippen molar-refractivity contribution in [3.63, 3.8) is 0 Å². The molecule has 0 aliphatic heterocycles. The van der Waals surface area contributed by atoms with E-state index in [1.165, 1.54) is 16.7 Å². The van der Waals surface area contributed by atoms with Gasteiger partial charge in [0, 0.05) is 12.4 Å². The van der Waals surface area contributed by atoms with Gasteiger partial charge in [-0.25, -0.2) is 4.39 Å². The monoisotopic (exact) mass is 232 g/mol. The summed E-state index contributed by atoms with van der Waals surface area (Å²) in [4.78, 5) is 12.0. The minimum Gasteiger partial charge on any atom is -0.330 e. The number of aromatic nitrogens is 1. The average Bonchev–Trinajstić information content (AvgIpc) is 2.78. The minimum atomic E-state index is -0.508. The van der Waals surface area contributed by atoms with Gasteiger partial charge in [0.1, 0.15) is 5.82 Å². The van der Waals surface area contributed by atoms with Crippen molar-refractivity contribution in [3.8, 4) is 0 Å². The maximum Gasteiger partial charge on any atom is 0.264 e. The van der Waals surface area contributed by atoms with E-state index in [9.17, 15) is 9.18 Å². The zero-order valence-corrected chi connectivity index (χ0v) is 9.27. The number of carbonyl (C=O) groups is 1. The highest BCUT2D eigenvalue weighted by Crippen LogP contribution is 2.10. The molecule has 17 heavy (non-hydrogen) atoms. The molecule has 3 nitrogen and oxygen atoms in total. The van der Waals surface area contributed by atoms with E-state index < -0.39 is 5.82 Å². The van der Waals surface area contributed by atoms with Gasteiger partial charge in [-0.1, -0.05) is 12.1 Å². The third-order valence-corrected chi connectivity index (χ3v) is 2.53. The van der Waals surface area contributed by atoms with Crippen LogP contribution in [-0.2, 0) is 6.42 Å². The van der Waals surface area contributed by atoms with Crippen LogP contribution >= 0.6 is 0 Å². The lowest BCUT2D eigenvalue weighted by Crippen LogP contribution is -2.11. The molecular weight excluding hydrogens is 219 g/mol. The summed E-state index contributed by atoms with van der Waals surface area (Å²) in [6.45, 7) is 0.526. The van der Waals surface area contributed by atoms with Crippen LogP contribution in [0.4, 0.5) is 4.39 Å². The number of rotatable bonds is 3. The molecule has 1 aromatic heterocycles. The fourth-order valence-corrected chi connectivity index (χ4v) is 1.66. The highest BCUT2D eigenvalue weighted by molar-refractivity contribution is 5.96. The number of benzene rings is 1. The Balaban J connectivity index is 2.28. The minimum absolute atomic E-state index is 0.0717. The summed E-state index contributed by atoms with van der Waals surface area (Å²) >= 11 is 0. The molecule has 0 unspecified atom stereocenters. The smallest absolute Gasteiger partial charge is 0.264 e. The summed E-state index contributed by atoms with van der Waals surface area (Å²) in [5.41, 5.74) is 6.47. The predicted molar refractivity (Wildman–Crippen MR) is 63.3 cm³/mol. The van der Waals surface area contributed by atoms with E-state index in [4.69, 9.17) is 5.73 Å². The van der Waals surface area contributed by atoms with Gasteiger partial charge < -0.3 is 5.73 Å². The number of carbonyl (C=O) groups excluding carboxylic acids is 1. The van der Waals surface area contributed by atoms with E-state index >= 15 is 0 Å². The highest BCUT2D eigenvalue weighted by Gasteiger charge is 2.12. The van der Waals surface area contributed by atoms with Gasteiger partial charge in [-0.2, -0.15) is 0 Å². The van der Waals surface area contributed by atoms with Gasteiger partial charge in [-0.3, -0.25) is 9.36 Å². The highest BCUT2D eigenvalue weighted by atomic mass is 19.1. The van der Waals surface area contributed by atoms with Crippen molar-refractivity contribution in [2.75, 3.05) is 6.54 Å². The van der Waals surface area contributed by atoms with E-state index in [0.29, 0.717) is 13.0 Å². The lowest BCUT2D eigenvalue weighted by Gasteiger charge is -2.02. The maximum atomic E-state index is 13.4. The first-order valence-electron chi connectivity index (χ1n) is 5.38. The Labute approximate surface area is 98.7 Å². The Bertz CT molecular complexity index is 534. The van der Waals surface area contributed by atoms with E-state index in [1.807, 2.05) is 6.07 Å². The van der Waals surface area contributed by atoms with Crippen molar-refractivity contribution in [2.24, 2.45) is 5.73 Å². The summed E-state index contributed by atoms with van der Waals surface area (Å²) in [6.07, 6.45) is 4.01. The van der Waals surface area contributed by atoms with Crippen LogP contribution in [0.15, 0.2) is 42.7 Å². The fourth-order valence-electron chi connectivity index (χ4n) is 1.66. The van der Waals surface area contributed by atoms with Gasteiger partial charge in [-0.15, -0.1) is 0 Å². The molecule has 0 saturated heterocycles. The van der Waals surface area contributed by atoms with Gasteiger partial charge in [0.25, 0.3) is 5.91 Å². The maximum absolute atomic E-state index is 13.4. The molecule has 1 heterocycles. The molecule has 0 radical (unpaired) electrons. The van der Waals surface area contributed by atoms with Crippen LogP contribution in [-0.4, -0.2) is 17.0 Å². The molecule has 0 atom stereocenters. The zero-order chi connectivity index (χ0) is 12.3. The third-order valence-electron chi connectivity index (χ3n) is 2.53. The molecule has 0 fully saturated rings. The summed E-state index contributed by atoms with van der Waals surface area (Å²) in [5, 5.41) is 0. The second-order valence-electron chi connectivity index (χ2n) is 3.75. The molecule has 0 aliphatic rings. The van der Waals surface area contributed by atoms with E-state index in [0.717, 1.165) is 5.56 Å². The number of hydrogen-bond donors (Lipinski definition) is 1. The van der Waals surface area contributed by atoms with Gasteiger partial charge >= 0.3 is 0 Å². The van der Waals surface area contributed by atoms with E-state index in [2.05, 4.69) is 0 Å². The van der Waals surface area contributed by atoms with Crippen LogP contribution < -0.4 is 5.73 Å². The Kier molecular flexibility index (Phi) is 3.35. The second-order valence-corrected chi connectivity index (χ2v) is 3.75. The first-order chi connectivity index (χ1) is 8.22. The van der Waals surface area contributed by atoms with E-state index in [-0.39, 0.29) is 11.5 Å². The molecule has 2 aromatic rings. The van der Waals surface area contributed by atoms with Crippen LogP contribution in [0.1, 0.15) is 15.9 Å². The molecular formula is C13H13FN2O. The summed E-state index contributed by atoms with van der Waals surface area (Å²) < 4.78 is 14.8. The van der Waals surface area contributed by atoms with Crippen molar-refractivity contribution in [1.82, 2.24) is 4.57 Å². The van der Waals surface area contributed by atoms with Crippen LogP contribution in [0.3, 0.4) is 0 Å². The molecule has 4 heteroatoms. The largest absolute Gasteiger partial charge is 0.330 e. The summed E-state index contributed by atoms with van der Waals surface area (Å²) in [5.74, 6) is -0.877. The van der Waals surface area contributed by atoms with Crippen molar-refractivity contribution in [1.29, 1.82) is 0 Å². The Morgan fingerprint density at radius 2 is 2.06 bits per heavy atom. The normalized spacial score (nSPS) is 10.5. The molecule has 0 bridgehead atoms. The molecule has 0 aliphatic carbocycles. The molecule has 1 aromatic carbocycles. The average molecular weight is 232 g/mol. The van der Waals surface area contributed by atoms with Crippen LogP contribution in [0.5, 0.6) is 0 Å².